The molecule has 2 aromatic carbocycles. The Bertz CT molecular complexity index is 1310. The van der Waals surface area contributed by atoms with Gasteiger partial charge in [-0.1, -0.05) is 35.6 Å². The summed E-state index contributed by atoms with van der Waals surface area (Å²) in [6, 6.07) is 8.14. The molecule has 166 valence electrons. The van der Waals surface area contributed by atoms with Crippen molar-refractivity contribution >= 4 is 34.4 Å². The SMILES string of the molecule is O=c1[nH]c(O)c(C(Cc2ccc(C(F)(F)F)cc2C(F)(F)F)=C2C=Nc3ccccc32)s1. The van der Waals surface area contributed by atoms with Gasteiger partial charge in [0, 0.05) is 23.8 Å². The first kappa shape index (κ1) is 21.9. The van der Waals surface area contributed by atoms with Crippen LogP contribution in [0.15, 0.2) is 52.3 Å². The zero-order chi connectivity index (χ0) is 23.3. The molecule has 0 radical (unpaired) electrons. The Morgan fingerprint density at radius 3 is 2.38 bits per heavy atom. The summed E-state index contributed by atoms with van der Waals surface area (Å²) >= 11 is 0.582. The largest absolute Gasteiger partial charge is 0.493 e. The molecule has 4 rings (SSSR count). The van der Waals surface area contributed by atoms with Gasteiger partial charge < -0.3 is 5.11 Å². The molecule has 2 N–H and O–H groups in total. The molecule has 0 aliphatic carbocycles. The fourth-order valence-corrected chi connectivity index (χ4v) is 4.23. The van der Waals surface area contributed by atoms with E-state index >= 15 is 0 Å². The predicted molar refractivity (Wildman–Crippen MR) is 108 cm³/mol. The van der Waals surface area contributed by atoms with Crippen LogP contribution in [0.2, 0.25) is 0 Å². The van der Waals surface area contributed by atoms with Crippen LogP contribution >= 0.6 is 11.3 Å². The van der Waals surface area contributed by atoms with E-state index in [0.29, 0.717) is 34.2 Å². The molecule has 0 atom stereocenters. The number of H-pyrrole nitrogens is 1. The lowest BCUT2D eigenvalue weighted by Gasteiger charge is -2.18. The second-order valence-corrected chi connectivity index (χ2v) is 7.89. The maximum atomic E-state index is 13.7. The van der Waals surface area contributed by atoms with Crippen LogP contribution in [0, 0.1) is 0 Å². The van der Waals surface area contributed by atoms with Crippen molar-refractivity contribution in [2.75, 3.05) is 0 Å². The summed E-state index contributed by atoms with van der Waals surface area (Å²) in [5.74, 6) is -0.541. The Morgan fingerprint density at radius 1 is 1.03 bits per heavy atom. The van der Waals surface area contributed by atoms with Gasteiger partial charge in [-0.3, -0.25) is 14.8 Å². The van der Waals surface area contributed by atoms with E-state index in [1.54, 1.807) is 24.3 Å². The summed E-state index contributed by atoms with van der Waals surface area (Å²) < 4.78 is 80.0. The summed E-state index contributed by atoms with van der Waals surface area (Å²) in [5.41, 5.74) is -1.73. The average Bonchev–Trinajstić information content (AvgIpc) is 3.27. The third-order valence-electron chi connectivity index (χ3n) is 4.87. The van der Waals surface area contributed by atoms with E-state index in [4.69, 9.17) is 0 Å². The number of alkyl halides is 6. The number of para-hydroxylation sites is 1. The van der Waals surface area contributed by atoms with Gasteiger partial charge in [-0.05, 0) is 29.3 Å². The lowest BCUT2D eigenvalue weighted by Crippen LogP contribution is -2.14. The number of fused-ring (bicyclic) bond motifs is 1. The zero-order valence-electron chi connectivity index (χ0n) is 15.8. The molecule has 11 heteroatoms. The van der Waals surface area contributed by atoms with Crippen LogP contribution in [0.3, 0.4) is 0 Å². The van der Waals surface area contributed by atoms with Crippen LogP contribution in [0.5, 0.6) is 5.88 Å². The van der Waals surface area contributed by atoms with Crippen LogP contribution < -0.4 is 4.87 Å². The number of nitrogens with one attached hydrogen (secondary N) is 1. The Labute approximate surface area is 180 Å². The normalized spacial score (nSPS) is 15.2. The lowest BCUT2D eigenvalue weighted by molar-refractivity contribution is -0.143. The highest BCUT2D eigenvalue weighted by Gasteiger charge is 2.38. The Balaban J connectivity index is 1.93. The van der Waals surface area contributed by atoms with E-state index in [-0.39, 0.29) is 16.5 Å². The van der Waals surface area contributed by atoms with E-state index in [9.17, 15) is 36.2 Å². The molecule has 0 amide bonds. The number of thiazole rings is 1. The van der Waals surface area contributed by atoms with Gasteiger partial charge in [-0.25, -0.2) is 0 Å². The van der Waals surface area contributed by atoms with Crippen molar-refractivity contribution in [1.29, 1.82) is 0 Å². The molecular formula is C21H12F6N2O2S. The second kappa shape index (κ2) is 7.66. The number of rotatable bonds is 3. The van der Waals surface area contributed by atoms with Gasteiger partial charge in [0.25, 0.3) is 0 Å². The summed E-state index contributed by atoms with van der Waals surface area (Å²) in [6.07, 6.45) is -9.11. The molecular weight excluding hydrogens is 458 g/mol. The van der Waals surface area contributed by atoms with Crippen LogP contribution in [0.1, 0.15) is 27.1 Å². The number of nitrogens with zero attached hydrogens (tertiary/aromatic N) is 1. The average molecular weight is 470 g/mol. The maximum absolute atomic E-state index is 13.7. The first-order valence-corrected chi connectivity index (χ1v) is 9.83. The molecule has 3 aromatic rings. The number of aromatic nitrogens is 1. The fraction of sp³-hybridized carbons (Fsp3) is 0.143. The monoisotopic (exact) mass is 470 g/mol. The first-order chi connectivity index (χ1) is 14.9. The van der Waals surface area contributed by atoms with Crippen molar-refractivity contribution < 1.29 is 31.4 Å². The van der Waals surface area contributed by atoms with E-state index in [2.05, 4.69) is 9.98 Å². The quantitative estimate of drug-likeness (QED) is 0.458. The maximum Gasteiger partial charge on any atom is 0.416 e. The van der Waals surface area contributed by atoms with Crippen LogP contribution in [-0.4, -0.2) is 16.3 Å². The number of aliphatic imine (C=N–C) groups is 1. The smallest absolute Gasteiger partial charge is 0.416 e. The van der Waals surface area contributed by atoms with E-state index in [1.807, 2.05) is 0 Å². The number of halogens is 6. The third-order valence-corrected chi connectivity index (χ3v) is 5.80. The van der Waals surface area contributed by atoms with Crippen molar-refractivity contribution in [2.45, 2.75) is 18.8 Å². The number of aromatic hydroxyl groups is 1. The molecule has 0 bridgehead atoms. The lowest BCUT2D eigenvalue weighted by atomic mass is 9.92. The van der Waals surface area contributed by atoms with Gasteiger partial charge in [0.2, 0.25) is 5.88 Å². The highest BCUT2D eigenvalue weighted by molar-refractivity contribution is 7.10. The Hall–Kier alpha value is -3.34. The van der Waals surface area contributed by atoms with Gasteiger partial charge in [-0.2, -0.15) is 26.3 Å². The van der Waals surface area contributed by atoms with Gasteiger partial charge in [0.1, 0.15) is 0 Å². The van der Waals surface area contributed by atoms with Crippen LogP contribution in [0.25, 0.3) is 11.1 Å². The summed E-state index contributed by atoms with van der Waals surface area (Å²) in [7, 11) is 0. The molecule has 1 aliphatic heterocycles. The molecule has 0 saturated carbocycles. The van der Waals surface area contributed by atoms with Crippen molar-refractivity contribution in [1.82, 2.24) is 4.98 Å². The topological polar surface area (TPSA) is 65.5 Å². The van der Waals surface area contributed by atoms with Crippen molar-refractivity contribution in [3.63, 3.8) is 0 Å². The number of benzene rings is 2. The molecule has 32 heavy (non-hydrogen) atoms. The highest BCUT2D eigenvalue weighted by atomic mass is 32.1. The first-order valence-electron chi connectivity index (χ1n) is 9.01. The Kier molecular flexibility index (Phi) is 5.24. The Morgan fingerprint density at radius 2 is 1.75 bits per heavy atom. The molecule has 1 aromatic heterocycles. The third kappa shape index (κ3) is 4.07. The van der Waals surface area contributed by atoms with E-state index in [1.165, 1.54) is 6.21 Å². The van der Waals surface area contributed by atoms with Gasteiger partial charge >= 0.3 is 17.2 Å². The molecule has 0 saturated heterocycles. The van der Waals surface area contributed by atoms with Gasteiger partial charge in [0.15, 0.2) is 0 Å². The second-order valence-electron chi connectivity index (χ2n) is 6.90. The molecule has 0 unspecified atom stereocenters. The van der Waals surface area contributed by atoms with E-state index < -0.39 is 46.2 Å². The summed E-state index contributed by atoms with van der Waals surface area (Å²) in [6.45, 7) is 0. The number of allylic oxidation sites excluding steroid dienone is 2. The molecule has 4 nitrogen and oxygen atoms in total. The minimum atomic E-state index is -5.05. The van der Waals surface area contributed by atoms with Crippen LogP contribution in [0.4, 0.5) is 32.0 Å². The minimum absolute atomic E-state index is 0.0128. The van der Waals surface area contributed by atoms with Crippen molar-refractivity contribution in [2.24, 2.45) is 4.99 Å². The standard InChI is InChI=1S/C21H12F6N2O2S/c22-20(23,24)11-6-5-10(15(8-11)21(25,26)27)7-13(17-18(30)29-19(31)32-17)14-9-28-16-4-2-1-3-12(14)16/h1-6,8-9,30H,7H2,(H,29,31). The number of hydrogen-bond donors (Lipinski definition) is 2. The van der Waals surface area contributed by atoms with E-state index in [0.717, 1.165) is 6.07 Å². The molecule has 1 aliphatic rings. The molecule has 0 spiro atoms. The fourth-order valence-electron chi connectivity index (χ4n) is 3.44. The van der Waals surface area contributed by atoms with Crippen molar-refractivity contribution in [3.8, 4) is 5.88 Å². The zero-order valence-corrected chi connectivity index (χ0v) is 16.6. The minimum Gasteiger partial charge on any atom is -0.493 e. The summed E-state index contributed by atoms with van der Waals surface area (Å²) in [5, 5.41) is 10.2. The van der Waals surface area contributed by atoms with Crippen LogP contribution in [-0.2, 0) is 18.8 Å². The summed E-state index contributed by atoms with van der Waals surface area (Å²) in [4.78, 5) is 17.5. The van der Waals surface area contributed by atoms with Gasteiger partial charge in [0.05, 0.1) is 21.7 Å². The van der Waals surface area contributed by atoms with Gasteiger partial charge in [-0.15, -0.1) is 0 Å². The van der Waals surface area contributed by atoms with Crippen molar-refractivity contribution in [3.05, 3.63) is 79.3 Å². The number of hydrogen-bond acceptors (Lipinski definition) is 4. The molecule has 0 fully saturated rings. The predicted octanol–water partition coefficient (Wildman–Crippen LogP) is 6.05. The highest BCUT2D eigenvalue weighted by Crippen LogP contribution is 2.43. The number of aromatic amines is 1. The molecule has 2 heterocycles.